The van der Waals surface area contributed by atoms with Gasteiger partial charge in [0.2, 0.25) is 0 Å². The summed E-state index contributed by atoms with van der Waals surface area (Å²) in [6, 6.07) is 11.2. The van der Waals surface area contributed by atoms with Crippen molar-refractivity contribution in [1.82, 2.24) is 5.32 Å². The molecule has 108 valence electrons. The van der Waals surface area contributed by atoms with Gasteiger partial charge < -0.3 is 10.1 Å². The van der Waals surface area contributed by atoms with Gasteiger partial charge in [-0.1, -0.05) is 51.1 Å². The number of thioether (sulfide) groups is 1. The molecule has 3 heteroatoms. The lowest BCUT2D eigenvalue weighted by Crippen LogP contribution is -2.33. The molecule has 2 unspecified atom stereocenters. The highest BCUT2D eigenvalue weighted by Crippen LogP contribution is 2.32. The molecule has 0 amide bonds. The van der Waals surface area contributed by atoms with Crippen LogP contribution in [0.25, 0.3) is 0 Å². The standard InChI is InChI=1S/C16H27NOS/c1-5-17-15(14-9-7-6-8-10-14)16(13(2)3)19-12-11-18-4/h6-10,13,15-17H,5,11-12H2,1-4H3. The van der Waals surface area contributed by atoms with Gasteiger partial charge >= 0.3 is 0 Å². The molecule has 0 aromatic heterocycles. The maximum absolute atomic E-state index is 5.18. The summed E-state index contributed by atoms with van der Waals surface area (Å²) in [6.45, 7) is 8.60. The SMILES string of the molecule is CCNC(c1ccccc1)C(SCCOC)C(C)C. The molecule has 1 aromatic carbocycles. The first-order chi connectivity index (χ1) is 9.20. The smallest absolute Gasteiger partial charge is 0.0553 e. The van der Waals surface area contributed by atoms with E-state index >= 15 is 0 Å². The van der Waals surface area contributed by atoms with E-state index < -0.39 is 0 Å². The first-order valence-electron chi connectivity index (χ1n) is 7.09. The fourth-order valence-electron chi connectivity index (χ4n) is 2.25. The predicted octanol–water partition coefficient (Wildman–Crippen LogP) is 3.74. The summed E-state index contributed by atoms with van der Waals surface area (Å²) >= 11 is 2.01. The minimum atomic E-state index is 0.410. The van der Waals surface area contributed by atoms with Gasteiger partial charge in [0, 0.05) is 24.2 Å². The van der Waals surface area contributed by atoms with Crippen LogP contribution in [0.3, 0.4) is 0 Å². The Morgan fingerprint density at radius 3 is 2.42 bits per heavy atom. The summed E-state index contributed by atoms with van der Waals surface area (Å²) in [6.07, 6.45) is 0. The summed E-state index contributed by atoms with van der Waals surface area (Å²) in [7, 11) is 1.77. The lowest BCUT2D eigenvalue weighted by Gasteiger charge is -2.31. The zero-order valence-corrected chi connectivity index (χ0v) is 13.4. The molecule has 0 saturated heterocycles. The molecule has 0 radical (unpaired) electrons. The van der Waals surface area contributed by atoms with Crippen molar-refractivity contribution in [3.8, 4) is 0 Å². The first-order valence-corrected chi connectivity index (χ1v) is 8.14. The van der Waals surface area contributed by atoms with Crippen LogP contribution in [0, 0.1) is 5.92 Å². The third kappa shape index (κ3) is 5.55. The zero-order chi connectivity index (χ0) is 14.1. The summed E-state index contributed by atoms with van der Waals surface area (Å²) in [5.74, 6) is 1.68. The second kappa shape index (κ2) is 9.40. The van der Waals surface area contributed by atoms with Crippen molar-refractivity contribution in [2.75, 3.05) is 26.0 Å². The van der Waals surface area contributed by atoms with Crippen LogP contribution < -0.4 is 5.32 Å². The van der Waals surface area contributed by atoms with Crippen LogP contribution in [0.1, 0.15) is 32.4 Å². The Labute approximate surface area is 122 Å². The van der Waals surface area contributed by atoms with Gasteiger partial charge in [-0.15, -0.1) is 0 Å². The van der Waals surface area contributed by atoms with Crippen molar-refractivity contribution in [2.45, 2.75) is 32.1 Å². The number of hydrogen-bond donors (Lipinski definition) is 1. The summed E-state index contributed by atoms with van der Waals surface area (Å²) in [5.41, 5.74) is 1.38. The molecule has 2 atom stereocenters. The number of rotatable bonds is 9. The molecule has 0 saturated carbocycles. The van der Waals surface area contributed by atoms with Gasteiger partial charge in [0.25, 0.3) is 0 Å². The van der Waals surface area contributed by atoms with Crippen LogP contribution in [-0.2, 0) is 4.74 Å². The molecular formula is C16H27NOS. The normalized spacial score (nSPS) is 14.6. The van der Waals surface area contributed by atoms with Crippen molar-refractivity contribution >= 4 is 11.8 Å². The molecule has 0 heterocycles. The Balaban J connectivity index is 2.80. The van der Waals surface area contributed by atoms with Crippen molar-refractivity contribution in [2.24, 2.45) is 5.92 Å². The molecular weight excluding hydrogens is 254 g/mol. The monoisotopic (exact) mass is 281 g/mol. The van der Waals surface area contributed by atoms with Gasteiger partial charge in [0.15, 0.2) is 0 Å². The lowest BCUT2D eigenvalue weighted by molar-refractivity contribution is 0.218. The highest BCUT2D eigenvalue weighted by Gasteiger charge is 2.25. The van der Waals surface area contributed by atoms with Gasteiger partial charge in [-0.2, -0.15) is 11.8 Å². The van der Waals surface area contributed by atoms with Crippen LogP contribution in [0.15, 0.2) is 30.3 Å². The Kier molecular flexibility index (Phi) is 8.19. The number of hydrogen-bond acceptors (Lipinski definition) is 3. The largest absolute Gasteiger partial charge is 0.384 e. The van der Waals surface area contributed by atoms with Crippen molar-refractivity contribution < 1.29 is 4.74 Å². The van der Waals surface area contributed by atoms with Gasteiger partial charge in [0.05, 0.1) is 6.61 Å². The molecule has 0 aliphatic heterocycles. The fourth-order valence-corrected chi connectivity index (χ4v) is 3.61. The third-order valence-electron chi connectivity index (χ3n) is 3.17. The van der Waals surface area contributed by atoms with E-state index in [4.69, 9.17) is 4.74 Å². The number of methoxy groups -OCH3 is 1. The van der Waals surface area contributed by atoms with Gasteiger partial charge in [-0.25, -0.2) is 0 Å². The topological polar surface area (TPSA) is 21.3 Å². The van der Waals surface area contributed by atoms with Crippen LogP contribution in [0.2, 0.25) is 0 Å². The van der Waals surface area contributed by atoms with Gasteiger partial charge in [-0.3, -0.25) is 0 Å². The molecule has 0 aliphatic rings. The fraction of sp³-hybridized carbons (Fsp3) is 0.625. The number of benzene rings is 1. The number of ether oxygens (including phenoxy) is 1. The molecule has 0 spiro atoms. The Bertz CT molecular complexity index is 329. The average molecular weight is 281 g/mol. The molecule has 0 fully saturated rings. The van der Waals surface area contributed by atoms with Crippen LogP contribution >= 0.6 is 11.8 Å². The van der Waals surface area contributed by atoms with E-state index in [-0.39, 0.29) is 0 Å². The first kappa shape index (κ1) is 16.5. The third-order valence-corrected chi connectivity index (χ3v) is 4.77. The van der Waals surface area contributed by atoms with Gasteiger partial charge in [0.1, 0.15) is 0 Å². The van der Waals surface area contributed by atoms with E-state index in [0.29, 0.717) is 17.2 Å². The predicted molar refractivity (Wildman–Crippen MR) is 85.8 cm³/mol. The van der Waals surface area contributed by atoms with E-state index in [2.05, 4.69) is 56.4 Å². The molecule has 1 rings (SSSR count). The van der Waals surface area contributed by atoms with Crippen LogP contribution in [0.4, 0.5) is 0 Å². The van der Waals surface area contributed by atoms with E-state index in [1.54, 1.807) is 7.11 Å². The summed E-state index contributed by atoms with van der Waals surface area (Å²) in [4.78, 5) is 0. The molecule has 0 aliphatic carbocycles. The van der Waals surface area contributed by atoms with Crippen LogP contribution in [0.5, 0.6) is 0 Å². The summed E-state index contributed by atoms with van der Waals surface area (Å²) in [5, 5.41) is 4.21. The maximum atomic E-state index is 5.18. The quantitative estimate of drug-likeness (QED) is 0.697. The Morgan fingerprint density at radius 2 is 1.89 bits per heavy atom. The zero-order valence-electron chi connectivity index (χ0n) is 12.6. The average Bonchev–Trinajstić information content (AvgIpc) is 2.42. The molecule has 1 aromatic rings. The van der Waals surface area contributed by atoms with Crippen molar-refractivity contribution in [3.05, 3.63) is 35.9 Å². The molecule has 19 heavy (non-hydrogen) atoms. The maximum Gasteiger partial charge on any atom is 0.0553 e. The molecule has 2 nitrogen and oxygen atoms in total. The highest BCUT2D eigenvalue weighted by molar-refractivity contribution is 7.99. The molecule has 0 bridgehead atoms. The lowest BCUT2D eigenvalue weighted by atomic mass is 9.96. The second-order valence-corrected chi connectivity index (χ2v) is 6.30. The van der Waals surface area contributed by atoms with E-state index in [9.17, 15) is 0 Å². The van der Waals surface area contributed by atoms with Crippen LogP contribution in [-0.4, -0.2) is 31.3 Å². The Morgan fingerprint density at radius 1 is 1.21 bits per heavy atom. The summed E-state index contributed by atoms with van der Waals surface area (Å²) < 4.78 is 5.18. The Hall–Kier alpha value is -0.510. The second-order valence-electron chi connectivity index (χ2n) is 5.02. The van der Waals surface area contributed by atoms with E-state index in [1.165, 1.54) is 5.56 Å². The molecule has 1 N–H and O–H groups in total. The highest BCUT2D eigenvalue weighted by atomic mass is 32.2. The van der Waals surface area contributed by atoms with E-state index in [0.717, 1.165) is 18.9 Å². The minimum Gasteiger partial charge on any atom is -0.384 e. The van der Waals surface area contributed by atoms with Crippen molar-refractivity contribution in [1.29, 1.82) is 0 Å². The van der Waals surface area contributed by atoms with E-state index in [1.807, 2.05) is 11.8 Å². The minimum absolute atomic E-state index is 0.410. The van der Waals surface area contributed by atoms with Gasteiger partial charge in [-0.05, 0) is 18.0 Å². The number of nitrogens with one attached hydrogen (secondary N) is 1. The van der Waals surface area contributed by atoms with Crippen molar-refractivity contribution in [3.63, 3.8) is 0 Å².